The zero-order chi connectivity index (χ0) is 9.31. The predicted molar refractivity (Wildman–Crippen MR) is 45.2 cm³/mol. The molecule has 0 radical (unpaired) electrons. The van der Waals surface area contributed by atoms with Gasteiger partial charge in [-0.15, -0.1) is 4.39 Å². The number of hydrogen-bond donors (Lipinski definition) is 0. The van der Waals surface area contributed by atoms with E-state index in [9.17, 15) is 9.18 Å². The Labute approximate surface area is 76.8 Å². The van der Waals surface area contributed by atoms with Crippen LogP contribution in [-0.4, -0.2) is 36.4 Å². The molecule has 4 heteroatoms. The van der Waals surface area contributed by atoms with Gasteiger partial charge in [0.25, 0.3) is 0 Å². The van der Waals surface area contributed by atoms with Crippen molar-refractivity contribution in [3.8, 4) is 0 Å². The van der Waals surface area contributed by atoms with Crippen LogP contribution in [0, 0.1) is 0 Å². The van der Waals surface area contributed by atoms with Gasteiger partial charge in [0.05, 0.1) is 5.60 Å². The molecule has 0 unspecified atom stereocenters. The van der Waals surface area contributed by atoms with Crippen LogP contribution in [0.1, 0.15) is 25.7 Å². The van der Waals surface area contributed by atoms with Gasteiger partial charge in [-0.05, 0) is 25.7 Å². The van der Waals surface area contributed by atoms with E-state index in [1.54, 1.807) is 0 Å². The molecule has 0 bridgehead atoms. The maximum atomic E-state index is 12.3. The van der Waals surface area contributed by atoms with Crippen molar-refractivity contribution in [3.05, 3.63) is 0 Å². The van der Waals surface area contributed by atoms with Crippen molar-refractivity contribution >= 4 is 6.16 Å². The Kier molecular flexibility index (Phi) is 2.24. The standard InChI is InChI=1S/C9H14FNO2/c10-8(12)11-5-3-9(4-6-11)2-1-7-13-9/h1-7H2. The molecule has 74 valence electrons. The molecule has 1 spiro atoms. The number of carbonyl (C=O) groups excluding carboxylic acids is 1. The number of hydrogen-bond acceptors (Lipinski definition) is 2. The topological polar surface area (TPSA) is 29.5 Å². The van der Waals surface area contributed by atoms with Gasteiger partial charge in [0.1, 0.15) is 0 Å². The van der Waals surface area contributed by atoms with Gasteiger partial charge in [-0.3, -0.25) is 0 Å². The van der Waals surface area contributed by atoms with Gasteiger partial charge in [-0.25, -0.2) is 4.79 Å². The minimum atomic E-state index is -1.30. The summed E-state index contributed by atoms with van der Waals surface area (Å²) in [6.07, 6.45) is 2.46. The fourth-order valence-corrected chi connectivity index (χ4v) is 2.24. The molecule has 13 heavy (non-hydrogen) atoms. The fourth-order valence-electron chi connectivity index (χ4n) is 2.24. The van der Waals surface area contributed by atoms with Crippen molar-refractivity contribution in [3.63, 3.8) is 0 Å². The highest BCUT2D eigenvalue weighted by molar-refractivity contribution is 5.66. The molecule has 2 heterocycles. The van der Waals surface area contributed by atoms with E-state index in [-0.39, 0.29) is 5.60 Å². The van der Waals surface area contributed by atoms with Crippen LogP contribution < -0.4 is 0 Å². The summed E-state index contributed by atoms with van der Waals surface area (Å²) in [5.41, 5.74) is -0.0219. The summed E-state index contributed by atoms with van der Waals surface area (Å²) in [5, 5.41) is 0. The van der Waals surface area contributed by atoms with Gasteiger partial charge < -0.3 is 9.64 Å². The Morgan fingerprint density at radius 3 is 2.46 bits per heavy atom. The Morgan fingerprint density at radius 1 is 1.31 bits per heavy atom. The zero-order valence-electron chi connectivity index (χ0n) is 7.59. The average molecular weight is 187 g/mol. The van der Waals surface area contributed by atoms with Crippen molar-refractivity contribution in [1.82, 2.24) is 4.90 Å². The lowest BCUT2D eigenvalue weighted by molar-refractivity contribution is -0.0375. The van der Waals surface area contributed by atoms with E-state index in [0.29, 0.717) is 13.1 Å². The third-order valence-corrected chi connectivity index (χ3v) is 3.11. The third-order valence-electron chi connectivity index (χ3n) is 3.11. The number of piperidine rings is 1. The predicted octanol–water partition coefficient (Wildman–Crippen LogP) is 1.72. The first-order valence-electron chi connectivity index (χ1n) is 4.80. The van der Waals surface area contributed by atoms with E-state index in [1.807, 2.05) is 0 Å². The van der Waals surface area contributed by atoms with E-state index in [1.165, 1.54) is 4.90 Å². The summed E-state index contributed by atoms with van der Waals surface area (Å²) in [4.78, 5) is 11.7. The van der Waals surface area contributed by atoms with Crippen LogP contribution in [0.3, 0.4) is 0 Å². The van der Waals surface area contributed by atoms with Crippen LogP contribution in [0.15, 0.2) is 0 Å². The lowest BCUT2D eigenvalue weighted by Crippen LogP contribution is -2.44. The monoisotopic (exact) mass is 187 g/mol. The van der Waals surface area contributed by atoms with Gasteiger partial charge in [0, 0.05) is 19.7 Å². The molecule has 0 aliphatic carbocycles. The second kappa shape index (κ2) is 3.25. The van der Waals surface area contributed by atoms with Gasteiger partial charge in [0.15, 0.2) is 0 Å². The fraction of sp³-hybridized carbons (Fsp3) is 0.889. The Bertz CT molecular complexity index is 204. The van der Waals surface area contributed by atoms with E-state index in [4.69, 9.17) is 4.74 Å². The average Bonchev–Trinajstić information content (AvgIpc) is 2.54. The van der Waals surface area contributed by atoms with Crippen molar-refractivity contribution in [2.75, 3.05) is 19.7 Å². The van der Waals surface area contributed by atoms with Crippen LogP contribution in [-0.2, 0) is 4.74 Å². The van der Waals surface area contributed by atoms with Crippen molar-refractivity contribution in [2.24, 2.45) is 0 Å². The highest BCUT2D eigenvalue weighted by Gasteiger charge is 2.39. The molecule has 2 rings (SSSR count). The second-order valence-corrected chi connectivity index (χ2v) is 3.88. The molecule has 2 fully saturated rings. The molecular formula is C9H14FNO2. The molecule has 0 aromatic rings. The molecule has 0 atom stereocenters. The van der Waals surface area contributed by atoms with Crippen LogP contribution in [0.4, 0.5) is 9.18 Å². The Hall–Kier alpha value is -0.640. The summed E-state index contributed by atoms with van der Waals surface area (Å²) < 4.78 is 18.0. The Balaban J connectivity index is 1.91. The van der Waals surface area contributed by atoms with Crippen LogP contribution in [0.5, 0.6) is 0 Å². The van der Waals surface area contributed by atoms with E-state index in [2.05, 4.69) is 0 Å². The zero-order valence-corrected chi connectivity index (χ0v) is 7.59. The molecular weight excluding hydrogens is 173 g/mol. The molecule has 3 nitrogen and oxygen atoms in total. The Morgan fingerprint density at radius 2 is 2.00 bits per heavy atom. The first kappa shape index (κ1) is 8.94. The largest absolute Gasteiger partial charge is 0.400 e. The number of likely N-dealkylation sites (tertiary alicyclic amines) is 1. The van der Waals surface area contributed by atoms with Gasteiger partial charge in [0.2, 0.25) is 0 Å². The minimum absolute atomic E-state index is 0.0219. The van der Waals surface area contributed by atoms with Gasteiger partial charge in [-0.2, -0.15) is 0 Å². The van der Waals surface area contributed by atoms with Gasteiger partial charge in [-0.1, -0.05) is 0 Å². The molecule has 0 aromatic carbocycles. The quantitative estimate of drug-likeness (QED) is 0.427. The minimum Gasteiger partial charge on any atom is -0.375 e. The first-order chi connectivity index (χ1) is 6.22. The van der Waals surface area contributed by atoms with Crippen LogP contribution in [0.2, 0.25) is 0 Å². The lowest BCUT2D eigenvalue weighted by atomic mass is 9.89. The number of carbonyl (C=O) groups is 1. The molecule has 1 amide bonds. The van der Waals surface area contributed by atoms with Crippen LogP contribution >= 0.6 is 0 Å². The highest BCUT2D eigenvalue weighted by Crippen LogP contribution is 2.35. The summed E-state index contributed by atoms with van der Waals surface area (Å²) in [7, 11) is 0. The van der Waals surface area contributed by atoms with Gasteiger partial charge >= 0.3 is 6.16 Å². The normalized spacial score (nSPS) is 26.7. The van der Waals surface area contributed by atoms with Crippen molar-refractivity contribution in [1.29, 1.82) is 0 Å². The molecule has 2 saturated heterocycles. The number of nitrogens with zero attached hydrogens (tertiary/aromatic N) is 1. The van der Waals surface area contributed by atoms with E-state index in [0.717, 1.165) is 32.3 Å². The maximum Gasteiger partial charge on any atom is 0.400 e. The third kappa shape index (κ3) is 1.68. The van der Waals surface area contributed by atoms with E-state index < -0.39 is 6.16 Å². The number of amides is 1. The number of ether oxygens (including phenoxy) is 1. The SMILES string of the molecule is O=C(F)N1CCC2(CCCO2)CC1. The molecule has 2 aliphatic rings. The first-order valence-corrected chi connectivity index (χ1v) is 4.80. The summed E-state index contributed by atoms with van der Waals surface area (Å²) in [6, 6.07) is 0. The summed E-state index contributed by atoms with van der Waals surface area (Å²) >= 11 is 0. The molecule has 0 saturated carbocycles. The van der Waals surface area contributed by atoms with Crippen molar-refractivity contribution < 1.29 is 13.9 Å². The number of rotatable bonds is 0. The second-order valence-electron chi connectivity index (χ2n) is 3.88. The summed E-state index contributed by atoms with van der Waals surface area (Å²) in [5.74, 6) is 0. The molecule has 2 aliphatic heterocycles. The maximum absolute atomic E-state index is 12.3. The van der Waals surface area contributed by atoms with E-state index >= 15 is 0 Å². The smallest absolute Gasteiger partial charge is 0.375 e. The molecule has 0 aromatic heterocycles. The lowest BCUT2D eigenvalue weighted by Gasteiger charge is -2.37. The summed E-state index contributed by atoms with van der Waals surface area (Å²) in [6.45, 7) is 1.84. The molecule has 0 N–H and O–H groups in total. The van der Waals surface area contributed by atoms with Crippen LogP contribution in [0.25, 0.3) is 0 Å². The van der Waals surface area contributed by atoms with Crippen molar-refractivity contribution in [2.45, 2.75) is 31.3 Å². The number of halogens is 1. The highest BCUT2D eigenvalue weighted by atomic mass is 19.1.